The molecule has 140 valence electrons. The molecular weight excluding hydrogens is 316 g/mol. The normalized spacial score (nSPS) is 33.0. The number of fused-ring (bicyclic) bond motifs is 2. The van der Waals surface area contributed by atoms with Gasteiger partial charge in [0.25, 0.3) is 0 Å². The summed E-state index contributed by atoms with van der Waals surface area (Å²) < 4.78 is 0. The van der Waals surface area contributed by atoms with Gasteiger partial charge in [-0.25, -0.2) is 4.79 Å². The maximum absolute atomic E-state index is 12.3. The standard InChI is InChI=1S/C19H32N4O2/c24-18(20-14-6-7-14)12-23-16-8-9-17(23)11-15(10-16)22-19(25)21-13-4-2-1-3-5-13/h13-17H,1-12H2,(H,20,24)(H2,21,22,25)/t15?,16-,17+. The second-order valence-electron chi connectivity index (χ2n) is 8.52. The van der Waals surface area contributed by atoms with Crippen molar-refractivity contribution < 1.29 is 9.59 Å². The van der Waals surface area contributed by atoms with Gasteiger partial charge in [-0.3, -0.25) is 9.69 Å². The van der Waals surface area contributed by atoms with Gasteiger partial charge in [-0.15, -0.1) is 0 Å². The number of piperidine rings is 1. The molecule has 0 aromatic carbocycles. The number of carbonyl (C=O) groups is 2. The van der Waals surface area contributed by atoms with Crippen molar-refractivity contribution in [3.8, 4) is 0 Å². The zero-order chi connectivity index (χ0) is 17.2. The van der Waals surface area contributed by atoms with Crippen LogP contribution >= 0.6 is 0 Å². The third-order valence-corrected chi connectivity index (χ3v) is 6.43. The fraction of sp³-hybridized carbons (Fsp3) is 0.895. The van der Waals surface area contributed by atoms with Crippen LogP contribution in [0.1, 0.15) is 70.6 Å². The van der Waals surface area contributed by atoms with Crippen LogP contribution in [0.5, 0.6) is 0 Å². The Morgan fingerprint density at radius 3 is 1.96 bits per heavy atom. The van der Waals surface area contributed by atoms with Crippen molar-refractivity contribution in [3.63, 3.8) is 0 Å². The van der Waals surface area contributed by atoms with Gasteiger partial charge in [0.1, 0.15) is 0 Å². The third kappa shape index (κ3) is 4.46. The summed E-state index contributed by atoms with van der Waals surface area (Å²) in [4.78, 5) is 26.8. The minimum Gasteiger partial charge on any atom is -0.352 e. The molecule has 2 saturated heterocycles. The van der Waals surface area contributed by atoms with Crippen molar-refractivity contribution in [3.05, 3.63) is 0 Å². The molecule has 4 rings (SSSR count). The van der Waals surface area contributed by atoms with Gasteiger partial charge in [-0.05, 0) is 51.4 Å². The first kappa shape index (κ1) is 17.1. The molecule has 3 N–H and O–H groups in total. The van der Waals surface area contributed by atoms with E-state index < -0.39 is 0 Å². The number of amides is 3. The van der Waals surface area contributed by atoms with Crippen LogP contribution in [0.2, 0.25) is 0 Å². The fourth-order valence-electron chi connectivity index (χ4n) is 4.98. The van der Waals surface area contributed by atoms with E-state index >= 15 is 0 Å². The highest BCUT2D eigenvalue weighted by molar-refractivity contribution is 5.79. The van der Waals surface area contributed by atoms with Crippen molar-refractivity contribution in [2.24, 2.45) is 0 Å². The Bertz CT molecular complexity index is 488. The Morgan fingerprint density at radius 1 is 0.720 bits per heavy atom. The number of nitrogens with zero attached hydrogens (tertiary/aromatic N) is 1. The monoisotopic (exact) mass is 348 g/mol. The summed E-state index contributed by atoms with van der Waals surface area (Å²) in [6.45, 7) is 0.535. The number of hydrogen-bond donors (Lipinski definition) is 3. The van der Waals surface area contributed by atoms with E-state index in [1.807, 2.05) is 0 Å². The fourth-order valence-corrected chi connectivity index (χ4v) is 4.98. The predicted molar refractivity (Wildman–Crippen MR) is 96.2 cm³/mol. The molecule has 1 unspecified atom stereocenters. The molecular formula is C19H32N4O2. The van der Waals surface area contributed by atoms with E-state index in [0.29, 0.717) is 30.7 Å². The zero-order valence-electron chi connectivity index (χ0n) is 15.1. The number of urea groups is 1. The molecule has 0 radical (unpaired) electrons. The summed E-state index contributed by atoms with van der Waals surface area (Å²) in [6.07, 6.45) is 12.6. The van der Waals surface area contributed by atoms with E-state index in [-0.39, 0.29) is 18.0 Å². The lowest BCUT2D eigenvalue weighted by molar-refractivity contribution is -0.123. The maximum atomic E-state index is 12.3. The summed E-state index contributed by atoms with van der Waals surface area (Å²) in [5.74, 6) is 0.181. The van der Waals surface area contributed by atoms with Crippen LogP contribution < -0.4 is 16.0 Å². The van der Waals surface area contributed by atoms with Crippen LogP contribution in [-0.2, 0) is 4.79 Å². The topological polar surface area (TPSA) is 73.5 Å². The summed E-state index contributed by atoms with van der Waals surface area (Å²) >= 11 is 0. The smallest absolute Gasteiger partial charge is 0.315 e. The first-order valence-electron chi connectivity index (χ1n) is 10.3. The molecule has 2 saturated carbocycles. The molecule has 2 bridgehead atoms. The molecule has 0 spiro atoms. The Morgan fingerprint density at radius 2 is 1.32 bits per heavy atom. The quantitative estimate of drug-likeness (QED) is 0.710. The molecule has 6 heteroatoms. The van der Waals surface area contributed by atoms with E-state index in [1.54, 1.807) is 0 Å². The Labute approximate surface area is 150 Å². The SMILES string of the molecule is O=C(CN1[C@@H]2CC[C@H]1CC(NC(=O)NC1CCCCC1)C2)NC1CC1. The van der Waals surface area contributed by atoms with Gasteiger partial charge in [0.05, 0.1) is 6.54 Å². The average molecular weight is 348 g/mol. The molecule has 0 aromatic heterocycles. The second-order valence-corrected chi connectivity index (χ2v) is 8.52. The van der Waals surface area contributed by atoms with E-state index in [1.165, 1.54) is 19.3 Å². The lowest BCUT2D eigenvalue weighted by Gasteiger charge is -2.39. The molecule has 25 heavy (non-hydrogen) atoms. The molecule has 0 aromatic rings. The van der Waals surface area contributed by atoms with E-state index in [2.05, 4.69) is 20.9 Å². The Balaban J connectivity index is 1.23. The molecule has 3 amide bonds. The second kappa shape index (κ2) is 7.52. The highest BCUT2D eigenvalue weighted by Gasteiger charge is 2.42. The molecule has 2 aliphatic heterocycles. The largest absolute Gasteiger partial charge is 0.352 e. The lowest BCUT2D eigenvalue weighted by atomic mass is 9.95. The number of hydrogen-bond acceptors (Lipinski definition) is 3. The van der Waals surface area contributed by atoms with Crippen LogP contribution in [0.3, 0.4) is 0 Å². The van der Waals surface area contributed by atoms with Crippen LogP contribution in [0.15, 0.2) is 0 Å². The van der Waals surface area contributed by atoms with Gasteiger partial charge >= 0.3 is 6.03 Å². The summed E-state index contributed by atoms with van der Waals surface area (Å²) in [5.41, 5.74) is 0. The first-order chi connectivity index (χ1) is 12.2. The molecule has 4 aliphatic rings. The molecule has 2 heterocycles. The van der Waals surface area contributed by atoms with Crippen molar-refractivity contribution in [2.75, 3.05) is 6.54 Å². The molecule has 3 atom stereocenters. The minimum atomic E-state index is 0.0104. The highest BCUT2D eigenvalue weighted by atomic mass is 16.2. The van der Waals surface area contributed by atoms with Crippen LogP contribution in [0.4, 0.5) is 4.79 Å². The van der Waals surface area contributed by atoms with Crippen molar-refractivity contribution in [1.29, 1.82) is 0 Å². The summed E-state index contributed by atoms with van der Waals surface area (Å²) in [5, 5.41) is 9.46. The van der Waals surface area contributed by atoms with Crippen LogP contribution in [0, 0.1) is 0 Å². The molecule has 6 nitrogen and oxygen atoms in total. The van der Waals surface area contributed by atoms with Crippen LogP contribution in [0.25, 0.3) is 0 Å². The van der Waals surface area contributed by atoms with Gasteiger partial charge in [-0.1, -0.05) is 19.3 Å². The van der Waals surface area contributed by atoms with E-state index in [0.717, 1.165) is 51.4 Å². The van der Waals surface area contributed by atoms with Crippen molar-refractivity contribution >= 4 is 11.9 Å². The van der Waals surface area contributed by atoms with Gasteiger partial charge < -0.3 is 16.0 Å². The number of nitrogens with one attached hydrogen (secondary N) is 3. The first-order valence-corrected chi connectivity index (χ1v) is 10.3. The van der Waals surface area contributed by atoms with Crippen LogP contribution in [-0.4, -0.2) is 53.6 Å². The van der Waals surface area contributed by atoms with Crippen molar-refractivity contribution in [1.82, 2.24) is 20.9 Å². The van der Waals surface area contributed by atoms with Gasteiger partial charge in [-0.2, -0.15) is 0 Å². The third-order valence-electron chi connectivity index (χ3n) is 6.43. The maximum Gasteiger partial charge on any atom is 0.315 e. The summed E-state index contributed by atoms with van der Waals surface area (Å²) in [6, 6.07) is 1.96. The Hall–Kier alpha value is -1.30. The van der Waals surface area contributed by atoms with E-state index in [9.17, 15) is 9.59 Å². The lowest BCUT2D eigenvalue weighted by Crippen LogP contribution is -2.55. The van der Waals surface area contributed by atoms with Gasteiger partial charge in [0, 0.05) is 30.2 Å². The molecule has 4 fully saturated rings. The molecule has 2 aliphatic carbocycles. The summed E-state index contributed by atoms with van der Waals surface area (Å²) in [7, 11) is 0. The van der Waals surface area contributed by atoms with Gasteiger partial charge in [0.2, 0.25) is 5.91 Å². The van der Waals surface area contributed by atoms with E-state index in [4.69, 9.17) is 0 Å². The highest BCUT2D eigenvalue weighted by Crippen LogP contribution is 2.35. The number of rotatable bonds is 5. The number of carbonyl (C=O) groups excluding carboxylic acids is 2. The van der Waals surface area contributed by atoms with Gasteiger partial charge in [0.15, 0.2) is 0 Å². The Kier molecular flexibility index (Phi) is 5.15. The zero-order valence-corrected chi connectivity index (χ0v) is 15.1. The minimum absolute atomic E-state index is 0.0104. The average Bonchev–Trinajstić information content (AvgIpc) is 3.35. The predicted octanol–water partition coefficient (Wildman–Crippen LogP) is 1.89. The van der Waals surface area contributed by atoms with Crippen molar-refractivity contribution in [2.45, 2.75) is 101 Å².